The molecule has 2 saturated heterocycles. The molecule has 0 unspecified atom stereocenters. The lowest BCUT2D eigenvalue weighted by atomic mass is 9.84. The highest BCUT2D eigenvalue weighted by atomic mass is 16.7. The third-order valence-corrected chi connectivity index (χ3v) is 6.69. The number of likely N-dealkylation sites (N-methyl/N-ethyl adjacent to an activating group) is 1. The fourth-order valence-electron chi connectivity index (χ4n) is 4.74. The van der Waals surface area contributed by atoms with E-state index in [4.69, 9.17) is 36.1 Å². The van der Waals surface area contributed by atoms with E-state index in [0.717, 1.165) is 0 Å². The highest BCUT2D eigenvalue weighted by Crippen LogP contribution is 2.31. The SMILES string of the molecule is CN[C@@H]1[C@H](O)[C@H](O[C@H]2[C@H](O)[C@@H](O[C@@H]3O[C@H](CN)[C@H](O)[C@H](O)[C@@H]3O)[C@@H](N)C[C@H]2N)OC[C@]1(C)O. The molecule has 0 radical (unpaired) electrons. The zero-order valence-corrected chi connectivity index (χ0v) is 18.7. The number of nitrogens with two attached hydrogens (primary N) is 3. The molecule has 3 rings (SSSR count). The molecule has 0 aromatic carbocycles. The van der Waals surface area contributed by atoms with Gasteiger partial charge in [0.2, 0.25) is 0 Å². The van der Waals surface area contributed by atoms with Gasteiger partial charge in [0, 0.05) is 18.6 Å². The Kier molecular flexibility index (Phi) is 8.68. The highest BCUT2D eigenvalue weighted by molar-refractivity contribution is 5.02. The number of hydrogen-bond acceptors (Lipinski definition) is 14. The summed E-state index contributed by atoms with van der Waals surface area (Å²) in [5, 5.41) is 65.2. The summed E-state index contributed by atoms with van der Waals surface area (Å²) in [4.78, 5) is 0. The van der Waals surface area contributed by atoms with Gasteiger partial charge in [-0.3, -0.25) is 0 Å². The van der Waals surface area contributed by atoms with Crippen LogP contribution in [0.5, 0.6) is 0 Å². The predicted molar refractivity (Wildman–Crippen MR) is 111 cm³/mol. The fraction of sp³-hybridized carbons (Fsp3) is 1.00. The summed E-state index contributed by atoms with van der Waals surface area (Å²) in [6.45, 7) is 1.22. The van der Waals surface area contributed by atoms with Gasteiger partial charge in [-0.2, -0.15) is 0 Å². The van der Waals surface area contributed by atoms with Crippen molar-refractivity contribution >= 4 is 0 Å². The zero-order valence-electron chi connectivity index (χ0n) is 18.7. The molecule has 14 atom stereocenters. The van der Waals surface area contributed by atoms with Crippen molar-refractivity contribution in [2.75, 3.05) is 20.2 Å². The Hall–Kier alpha value is -0.560. The fourth-order valence-corrected chi connectivity index (χ4v) is 4.74. The molecule has 0 aromatic rings. The molecule has 0 amide bonds. The molecule has 2 aliphatic heterocycles. The number of rotatable bonds is 6. The smallest absolute Gasteiger partial charge is 0.187 e. The van der Waals surface area contributed by atoms with Crippen LogP contribution in [0.4, 0.5) is 0 Å². The summed E-state index contributed by atoms with van der Waals surface area (Å²) in [5.41, 5.74) is 16.5. The minimum atomic E-state index is -1.63. The molecular weight excluding hydrogens is 444 g/mol. The molecule has 1 aliphatic carbocycles. The van der Waals surface area contributed by atoms with Gasteiger partial charge in [-0.1, -0.05) is 0 Å². The maximum atomic E-state index is 11.0. The van der Waals surface area contributed by atoms with Crippen molar-refractivity contribution in [1.29, 1.82) is 0 Å². The van der Waals surface area contributed by atoms with E-state index in [0.29, 0.717) is 0 Å². The molecule has 0 spiro atoms. The first-order chi connectivity index (χ1) is 15.4. The van der Waals surface area contributed by atoms with Gasteiger partial charge in [-0.15, -0.1) is 0 Å². The first-order valence-electron chi connectivity index (χ1n) is 11.0. The lowest BCUT2D eigenvalue weighted by molar-refractivity contribution is -0.329. The molecule has 3 fully saturated rings. The molecular formula is C19H38N4O10. The number of aliphatic hydroxyl groups is 6. The van der Waals surface area contributed by atoms with Gasteiger partial charge >= 0.3 is 0 Å². The third kappa shape index (κ3) is 5.34. The monoisotopic (exact) mass is 482 g/mol. The average Bonchev–Trinajstić information content (AvgIpc) is 2.75. The summed E-state index contributed by atoms with van der Waals surface area (Å²) >= 11 is 0. The van der Waals surface area contributed by atoms with Gasteiger partial charge in [0.1, 0.15) is 54.4 Å². The molecule has 3 aliphatic rings. The molecule has 2 heterocycles. The van der Waals surface area contributed by atoms with E-state index in [1.165, 1.54) is 6.92 Å². The van der Waals surface area contributed by atoms with Crippen LogP contribution in [0.25, 0.3) is 0 Å². The van der Waals surface area contributed by atoms with Gasteiger partial charge in [-0.05, 0) is 20.4 Å². The van der Waals surface area contributed by atoms with Crippen LogP contribution in [0, 0.1) is 0 Å². The van der Waals surface area contributed by atoms with Crippen LogP contribution in [-0.4, -0.2) is 136 Å². The largest absolute Gasteiger partial charge is 0.388 e. The van der Waals surface area contributed by atoms with Crippen molar-refractivity contribution in [3.05, 3.63) is 0 Å². The standard InChI is InChI=1S/C19H38N4O10/c1-19(29)5-30-17(13(28)16(19)23-2)32-14-6(21)3-7(22)15(12(14)27)33-18-11(26)10(25)9(24)8(4-20)31-18/h6-18,23-29H,3-5,20-22H2,1-2H3/t6-,7+,8-,9+,10+,11+,12+,13+,14-,15+,16-,17+,18+,19+/m1/s1. The minimum absolute atomic E-state index is 0.138. The van der Waals surface area contributed by atoms with E-state index in [1.807, 2.05) is 0 Å². The Balaban J connectivity index is 1.71. The lowest BCUT2D eigenvalue weighted by Gasteiger charge is -2.48. The van der Waals surface area contributed by atoms with Crippen LogP contribution in [0.15, 0.2) is 0 Å². The molecule has 13 N–H and O–H groups in total. The van der Waals surface area contributed by atoms with Crippen molar-refractivity contribution in [2.24, 2.45) is 17.2 Å². The van der Waals surface area contributed by atoms with Crippen LogP contribution in [0.1, 0.15) is 13.3 Å². The maximum Gasteiger partial charge on any atom is 0.187 e. The van der Waals surface area contributed by atoms with Gasteiger partial charge in [0.25, 0.3) is 0 Å². The van der Waals surface area contributed by atoms with E-state index in [-0.39, 0.29) is 19.6 Å². The van der Waals surface area contributed by atoms with Crippen LogP contribution < -0.4 is 22.5 Å². The quantitative estimate of drug-likeness (QED) is 0.169. The van der Waals surface area contributed by atoms with E-state index >= 15 is 0 Å². The first kappa shape index (κ1) is 27.0. The zero-order chi connectivity index (χ0) is 24.7. The Morgan fingerprint density at radius 1 is 0.909 bits per heavy atom. The summed E-state index contributed by atoms with van der Waals surface area (Å²) in [5.74, 6) is 0. The molecule has 194 valence electrons. The summed E-state index contributed by atoms with van der Waals surface area (Å²) in [6.07, 6.45) is -13.0. The van der Waals surface area contributed by atoms with Crippen molar-refractivity contribution in [2.45, 2.75) is 98.5 Å². The first-order valence-corrected chi connectivity index (χ1v) is 11.0. The van der Waals surface area contributed by atoms with Crippen molar-refractivity contribution in [1.82, 2.24) is 5.32 Å². The second-order valence-corrected chi connectivity index (χ2v) is 9.30. The molecule has 14 nitrogen and oxygen atoms in total. The van der Waals surface area contributed by atoms with Gasteiger partial charge in [0.05, 0.1) is 12.6 Å². The Bertz CT molecular complexity index is 646. The summed E-state index contributed by atoms with van der Waals surface area (Å²) in [7, 11) is 1.57. The van der Waals surface area contributed by atoms with E-state index in [2.05, 4.69) is 5.32 Å². The van der Waals surface area contributed by atoms with E-state index < -0.39 is 85.1 Å². The number of ether oxygens (including phenoxy) is 4. The normalized spacial score (nSPS) is 53.7. The minimum Gasteiger partial charge on any atom is -0.388 e. The highest BCUT2D eigenvalue weighted by Gasteiger charge is 2.52. The van der Waals surface area contributed by atoms with Gasteiger partial charge in [-0.25, -0.2) is 0 Å². The van der Waals surface area contributed by atoms with Crippen LogP contribution in [0.3, 0.4) is 0 Å². The second-order valence-electron chi connectivity index (χ2n) is 9.30. The Morgan fingerprint density at radius 3 is 2.03 bits per heavy atom. The third-order valence-electron chi connectivity index (χ3n) is 6.69. The van der Waals surface area contributed by atoms with E-state index in [1.54, 1.807) is 7.05 Å². The van der Waals surface area contributed by atoms with Gasteiger partial charge in [0.15, 0.2) is 12.6 Å². The van der Waals surface area contributed by atoms with Crippen LogP contribution >= 0.6 is 0 Å². The maximum absolute atomic E-state index is 11.0. The topological polar surface area (TPSA) is 248 Å². The van der Waals surface area contributed by atoms with E-state index in [9.17, 15) is 30.6 Å². The van der Waals surface area contributed by atoms with Crippen molar-refractivity contribution in [3.8, 4) is 0 Å². The molecule has 33 heavy (non-hydrogen) atoms. The molecule has 0 aromatic heterocycles. The summed E-state index contributed by atoms with van der Waals surface area (Å²) < 4.78 is 22.5. The van der Waals surface area contributed by atoms with Gasteiger partial charge < -0.3 is 72.1 Å². The molecule has 1 saturated carbocycles. The second kappa shape index (κ2) is 10.6. The number of hydrogen-bond donors (Lipinski definition) is 10. The Morgan fingerprint density at radius 2 is 1.48 bits per heavy atom. The molecule has 0 bridgehead atoms. The van der Waals surface area contributed by atoms with Crippen LogP contribution in [-0.2, 0) is 18.9 Å². The Labute approximate surface area is 191 Å². The van der Waals surface area contributed by atoms with Crippen molar-refractivity contribution in [3.63, 3.8) is 0 Å². The average molecular weight is 483 g/mol. The molecule has 14 heteroatoms. The predicted octanol–water partition coefficient (Wildman–Crippen LogP) is -6.00. The number of nitrogens with one attached hydrogen (secondary N) is 1. The number of aliphatic hydroxyl groups excluding tert-OH is 5. The summed E-state index contributed by atoms with van der Waals surface area (Å²) in [6, 6.07) is -2.30. The van der Waals surface area contributed by atoms with Crippen molar-refractivity contribution < 1.29 is 49.6 Å². The lowest BCUT2D eigenvalue weighted by Crippen LogP contribution is -2.69. The van der Waals surface area contributed by atoms with Crippen LogP contribution in [0.2, 0.25) is 0 Å².